The van der Waals surface area contributed by atoms with E-state index in [1.807, 2.05) is 20.2 Å². The average molecular weight is 478 g/mol. The number of nitrogens with one attached hydrogen (secondary N) is 2. The number of aliphatic imine (C=N–C) groups is 1. The van der Waals surface area contributed by atoms with Crippen LogP contribution in [0.3, 0.4) is 0 Å². The number of likely N-dealkylation sites (tertiary alicyclic amines) is 1. The van der Waals surface area contributed by atoms with Crippen molar-refractivity contribution in [1.29, 1.82) is 0 Å². The zero-order chi connectivity index (χ0) is 18.3. The molecule has 2 unspecified atom stereocenters. The fourth-order valence-electron chi connectivity index (χ4n) is 3.19. The van der Waals surface area contributed by atoms with Crippen molar-refractivity contribution in [2.75, 3.05) is 39.3 Å². The number of guanidine groups is 1. The Hall–Kier alpha value is -0.870. The molecule has 1 aromatic rings. The molecule has 26 heavy (non-hydrogen) atoms. The summed E-state index contributed by atoms with van der Waals surface area (Å²) in [6.45, 7) is 11.5. The van der Waals surface area contributed by atoms with Gasteiger partial charge in [-0.2, -0.15) is 5.10 Å². The lowest BCUT2D eigenvalue weighted by Crippen LogP contribution is -2.44. The van der Waals surface area contributed by atoms with E-state index in [1.54, 1.807) is 17.8 Å². The van der Waals surface area contributed by atoms with Gasteiger partial charge in [0.1, 0.15) is 5.60 Å². The zero-order valence-electron chi connectivity index (χ0n) is 16.5. The standard InChI is InChI=1S/C18H34N6O.HI/c1-5-19-17(20-8-10-24-9-6-7-15(2)12-24)21-14-18(3,25)16-11-22-23(4)13-16;/h11,13,15,25H,5-10,12,14H2,1-4H3,(H2,19,20,21);1H. The lowest BCUT2D eigenvalue weighted by molar-refractivity contribution is 0.0671. The second-order valence-electron chi connectivity index (χ2n) is 7.35. The lowest BCUT2D eigenvalue weighted by atomic mass is 10.0. The third-order valence-electron chi connectivity index (χ3n) is 4.68. The van der Waals surface area contributed by atoms with Crippen molar-refractivity contribution >= 4 is 29.9 Å². The van der Waals surface area contributed by atoms with E-state index >= 15 is 0 Å². The lowest BCUT2D eigenvalue weighted by Gasteiger charge is -2.31. The molecule has 0 spiro atoms. The summed E-state index contributed by atoms with van der Waals surface area (Å²) in [5, 5.41) is 21.4. The summed E-state index contributed by atoms with van der Waals surface area (Å²) in [6.07, 6.45) is 6.15. The average Bonchev–Trinajstić information content (AvgIpc) is 3.00. The Kier molecular flexibility index (Phi) is 9.88. The van der Waals surface area contributed by atoms with E-state index in [0.29, 0.717) is 0 Å². The van der Waals surface area contributed by atoms with Crippen molar-refractivity contribution in [2.24, 2.45) is 18.0 Å². The van der Waals surface area contributed by atoms with Crippen molar-refractivity contribution in [3.05, 3.63) is 18.0 Å². The first kappa shape index (κ1) is 23.2. The molecule has 0 bridgehead atoms. The molecular weight excluding hydrogens is 443 g/mol. The SMILES string of the molecule is CCNC(=NCC(C)(O)c1cnn(C)c1)NCCN1CCCC(C)C1.I. The van der Waals surface area contributed by atoms with Gasteiger partial charge in [0.05, 0.1) is 12.7 Å². The van der Waals surface area contributed by atoms with Crippen molar-refractivity contribution in [2.45, 2.75) is 39.2 Å². The van der Waals surface area contributed by atoms with E-state index in [9.17, 15) is 5.11 Å². The highest BCUT2D eigenvalue weighted by molar-refractivity contribution is 14.0. The highest BCUT2D eigenvalue weighted by atomic mass is 127. The van der Waals surface area contributed by atoms with Gasteiger partial charge in [-0.3, -0.25) is 4.68 Å². The molecule has 2 heterocycles. The summed E-state index contributed by atoms with van der Waals surface area (Å²) in [5.74, 6) is 1.54. The third-order valence-corrected chi connectivity index (χ3v) is 4.68. The Balaban J connectivity index is 0.00000338. The maximum Gasteiger partial charge on any atom is 0.191 e. The molecule has 2 atom stereocenters. The molecular formula is C18H35IN6O. The Morgan fingerprint density at radius 2 is 2.23 bits per heavy atom. The van der Waals surface area contributed by atoms with E-state index < -0.39 is 5.60 Å². The summed E-state index contributed by atoms with van der Waals surface area (Å²) < 4.78 is 1.69. The number of aliphatic hydroxyl groups is 1. The van der Waals surface area contributed by atoms with Gasteiger partial charge in [0, 0.05) is 45.0 Å². The zero-order valence-corrected chi connectivity index (χ0v) is 18.9. The summed E-state index contributed by atoms with van der Waals surface area (Å²) in [5.41, 5.74) is -0.254. The molecule has 0 saturated carbocycles. The molecule has 1 aliphatic heterocycles. The molecule has 1 aromatic heterocycles. The molecule has 3 N–H and O–H groups in total. The monoisotopic (exact) mass is 478 g/mol. The number of hydrogen-bond acceptors (Lipinski definition) is 4. The highest BCUT2D eigenvalue weighted by Crippen LogP contribution is 2.19. The predicted molar refractivity (Wildman–Crippen MR) is 117 cm³/mol. The molecule has 0 aromatic carbocycles. The van der Waals surface area contributed by atoms with Gasteiger partial charge in [-0.25, -0.2) is 4.99 Å². The van der Waals surface area contributed by atoms with E-state index in [4.69, 9.17) is 0 Å². The number of rotatable bonds is 7. The number of nitrogens with zero attached hydrogens (tertiary/aromatic N) is 4. The molecule has 2 rings (SSSR count). The normalized spacial score (nSPS) is 21.0. The maximum absolute atomic E-state index is 10.7. The molecule has 0 radical (unpaired) electrons. The van der Waals surface area contributed by atoms with Crippen LogP contribution < -0.4 is 10.6 Å². The molecule has 0 aliphatic carbocycles. The van der Waals surface area contributed by atoms with Gasteiger partial charge in [0.25, 0.3) is 0 Å². The largest absolute Gasteiger partial charge is 0.383 e. The van der Waals surface area contributed by atoms with Crippen LogP contribution in [-0.4, -0.2) is 65.0 Å². The first-order valence-corrected chi connectivity index (χ1v) is 9.36. The molecule has 0 amide bonds. The van der Waals surface area contributed by atoms with Gasteiger partial charge in [-0.1, -0.05) is 6.92 Å². The van der Waals surface area contributed by atoms with Gasteiger partial charge < -0.3 is 20.6 Å². The second kappa shape index (κ2) is 11.1. The van der Waals surface area contributed by atoms with Gasteiger partial charge in [0.15, 0.2) is 5.96 Å². The first-order valence-electron chi connectivity index (χ1n) is 9.36. The van der Waals surface area contributed by atoms with Crippen LogP contribution in [0.1, 0.15) is 39.2 Å². The summed E-state index contributed by atoms with van der Waals surface area (Å²) in [6, 6.07) is 0. The molecule has 1 saturated heterocycles. The summed E-state index contributed by atoms with van der Waals surface area (Å²) in [4.78, 5) is 7.07. The van der Waals surface area contributed by atoms with Gasteiger partial charge in [0.2, 0.25) is 0 Å². The molecule has 1 fully saturated rings. The van der Waals surface area contributed by atoms with Crippen molar-refractivity contribution in [1.82, 2.24) is 25.3 Å². The van der Waals surface area contributed by atoms with Gasteiger partial charge in [-0.15, -0.1) is 24.0 Å². The minimum atomic E-state index is -1.03. The number of hydrogen-bond donors (Lipinski definition) is 3. The van der Waals surface area contributed by atoms with Crippen LogP contribution in [0.5, 0.6) is 0 Å². The van der Waals surface area contributed by atoms with Crippen molar-refractivity contribution in [3.63, 3.8) is 0 Å². The van der Waals surface area contributed by atoms with E-state index in [1.165, 1.54) is 25.9 Å². The van der Waals surface area contributed by atoms with E-state index in [-0.39, 0.29) is 30.5 Å². The fourth-order valence-corrected chi connectivity index (χ4v) is 3.19. The van der Waals surface area contributed by atoms with Crippen LogP contribution in [0.4, 0.5) is 0 Å². The van der Waals surface area contributed by atoms with Crippen LogP contribution in [0, 0.1) is 5.92 Å². The van der Waals surface area contributed by atoms with Crippen molar-refractivity contribution < 1.29 is 5.11 Å². The Morgan fingerprint density at radius 3 is 2.85 bits per heavy atom. The van der Waals surface area contributed by atoms with E-state index in [2.05, 4.69) is 32.5 Å². The summed E-state index contributed by atoms with van der Waals surface area (Å²) >= 11 is 0. The second-order valence-corrected chi connectivity index (χ2v) is 7.35. The molecule has 150 valence electrons. The first-order chi connectivity index (χ1) is 11.9. The van der Waals surface area contributed by atoms with Crippen LogP contribution in [0.25, 0.3) is 0 Å². The molecule has 1 aliphatic rings. The number of aromatic nitrogens is 2. The summed E-state index contributed by atoms with van der Waals surface area (Å²) in [7, 11) is 1.84. The number of halogens is 1. The minimum Gasteiger partial charge on any atom is -0.383 e. The Bertz CT molecular complexity index is 560. The Labute approximate surface area is 174 Å². The van der Waals surface area contributed by atoms with Crippen LogP contribution in [0.2, 0.25) is 0 Å². The minimum absolute atomic E-state index is 0. The quantitative estimate of drug-likeness (QED) is 0.315. The predicted octanol–water partition coefficient (Wildman–Crippen LogP) is 1.53. The fraction of sp³-hybridized carbons (Fsp3) is 0.778. The molecule has 7 nitrogen and oxygen atoms in total. The van der Waals surface area contributed by atoms with Crippen LogP contribution >= 0.6 is 24.0 Å². The van der Waals surface area contributed by atoms with Crippen LogP contribution in [0.15, 0.2) is 17.4 Å². The van der Waals surface area contributed by atoms with E-state index in [0.717, 1.165) is 37.1 Å². The molecule has 8 heteroatoms. The van der Waals surface area contributed by atoms with Gasteiger partial charge >= 0.3 is 0 Å². The maximum atomic E-state index is 10.7. The third kappa shape index (κ3) is 7.40. The Morgan fingerprint density at radius 1 is 1.46 bits per heavy atom. The van der Waals surface area contributed by atoms with Crippen molar-refractivity contribution in [3.8, 4) is 0 Å². The number of piperidine rings is 1. The van der Waals surface area contributed by atoms with Crippen LogP contribution in [-0.2, 0) is 12.6 Å². The highest BCUT2D eigenvalue weighted by Gasteiger charge is 2.24. The number of aryl methyl sites for hydroxylation is 1. The van der Waals surface area contributed by atoms with Gasteiger partial charge in [-0.05, 0) is 39.2 Å². The smallest absolute Gasteiger partial charge is 0.191 e. The topological polar surface area (TPSA) is 77.7 Å².